The number of hydrogen-bond acceptors (Lipinski definition) is 17. The number of anilines is 6. The van der Waals surface area contributed by atoms with Crippen LogP contribution in [0.1, 0.15) is 127 Å². The third-order valence-corrected chi connectivity index (χ3v) is 26.1. The molecule has 6 aromatic carbocycles. The Balaban J connectivity index is 0.000000144. The van der Waals surface area contributed by atoms with Crippen LogP contribution in [0.25, 0.3) is 83.2 Å². The molecule has 3 saturated heterocycles. The molecule has 0 bridgehead atoms. The summed E-state index contributed by atoms with van der Waals surface area (Å²) < 4.78 is 103. The molecule has 0 aliphatic carbocycles. The van der Waals surface area contributed by atoms with Gasteiger partial charge >= 0.3 is 0 Å². The fourth-order valence-electron chi connectivity index (χ4n) is 19.8. The third kappa shape index (κ3) is 14.4. The van der Waals surface area contributed by atoms with Crippen molar-refractivity contribution in [2.75, 3.05) is 83.3 Å². The summed E-state index contributed by atoms with van der Waals surface area (Å²) >= 11 is 0. The van der Waals surface area contributed by atoms with Gasteiger partial charge in [0.05, 0.1) is 97.5 Å². The van der Waals surface area contributed by atoms with Crippen molar-refractivity contribution in [3.8, 4) is 67.7 Å². The smallest absolute Gasteiger partial charge is 0.281 e. The monoisotopic (exact) mass is 1780 g/mol. The zero-order valence-corrected chi connectivity index (χ0v) is 75.0. The van der Waals surface area contributed by atoms with Crippen molar-refractivity contribution < 1.29 is 65.6 Å². The van der Waals surface area contributed by atoms with Crippen LogP contribution in [0.3, 0.4) is 0 Å². The molecule has 0 radical (unpaired) electrons. The molecule has 6 aromatic heterocycles. The zero-order chi connectivity index (χ0) is 94.3. The van der Waals surface area contributed by atoms with Crippen LogP contribution in [0.5, 0.6) is 17.2 Å². The molecule has 6 aliphatic heterocycles. The van der Waals surface area contributed by atoms with E-state index in [0.29, 0.717) is 69.5 Å². The maximum absolute atomic E-state index is 17.2. The summed E-state index contributed by atoms with van der Waals surface area (Å²) in [6.45, 7) is 30.3. The molecule has 31 heteroatoms. The number of nitrogens with zero attached hydrogens (tertiary/aromatic N) is 14. The maximum atomic E-state index is 17.2. The molecule has 0 unspecified atom stereocenters. The Morgan fingerprint density at radius 3 is 0.962 bits per heavy atom. The molecule has 131 heavy (non-hydrogen) atoms. The van der Waals surface area contributed by atoms with Crippen LogP contribution in [-0.4, -0.2) is 167 Å². The summed E-state index contributed by atoms with van der Waals surface area (Å²) in [5.74, 6) is -8.84. The lowest BCUT2D eigenvalue weighted by atomic mass is 9.89. The number of piperazine rings is 2. The normalized spacial score (nSPS) is 18.2. The number of para-hydroxylation sites is 3. The van der Waals surface area contributed by atoms with E-state index < -0.39 is 110 Å². The first-order valence-corrected chi connectivity index (χ1v) is 43.3. The number of aromatic nitrogens is 6. The van der Waals surface area contributed by atoms with Crippen LogP contribution in [0.15, 0.2) is 167 Å². The van der Waals surface area contributed by atoms with Gasteiger partial charge in [-0.1, -0.05) is 116 Å². The summed E-state index contributed by atoms with van der Waals surface area (Å²) in [7, 11) is 4.46. The van der Waals surface area contributed by atoms with Gasteiger partial charge in [0.25, 0.3) is 28.5 Å². The zero-order valence-electron chi connectivity index (χ0n) is 75.0. The van der Waals surface area contributed by atoms with Crippen LogP contribution >= 0.6 is 0 Å². The number of amides is 5. The Kier molecular flexibility index (Phi) is 23.5. The van der Waals surface area contributed by atoms with Crippen LogP contribution in [0, 0.1) is 61.6 Å². The average Bonchev–Trinajstić information content (AvgIpc) is 0.705. The molecule has 5 amide bonds. The van der Waals surface area contributed by atoms with Gasteiger partial charge in [0, 0.05) is 104 Å². The van der Waals surface area contributed by atoms with E-state index in [2.05, 4.69) is 35.0 Å². The van der Waals surface area contributed by atoms with Gasteiger partial charge in [-0.25, -0.2) is 26.3 Å². The number of piperidine rings is 1. The van der Waals surface area contributed by atoms with Crippen LogP contribution in [0.2, 0.25) is 0 Å². The number of benzene rings is 6. The summed E-state index contributed by atoms with van der Waals surface area (Å²) in [6.07, 6.45) is 8.62. The first-order chi connectivity index (χ1) is 62.3. The summed E-state index contributed by atoms with van der Waals surface area (Å²) in [4.78, 5) is 136. The second-order valence-corrected chi connectivity index (χ2v) is 35.4. The van der Waals surface area contributed by atoms with Crippen LogP contribution < -0.4 is 46.1 Å². The molecule has 18 rings (SSSR count). The molecular formula is C100H98F6N14O11. The Morgan fingerprint density at radius 2 is 0.679 bits per heavy atom. The number of aromatic hydroxyl groups is 3. The summed E-state index contributed by atoms with van der Waals surface area (Å²) in [6, 6.07) is 23.1. The molecule has 12 aromatic rings. The molecule has 0 spiro atoms. The molecule has 6 aliphatic rings. The van der Waals surface area contributed by atoms with E-state index in [1.807, 2.05) is 53.4 Å². The fourth-order valence-corrected chi connectivity index (χ4v) is 19.8. The van der Waals surface area contributed by atoms with Crippen LogP contribution in [-0.2, 0) is 24.0 Å². The van der Waals surface area contributed by atoms with E-state index in [4.69, 9.17) is 0 Å². The number of hydrogen-bond donors (Lipinski definition) is 3. The Morgan fingerprint density at radius 1 is 0.397 bits per heavy atom. The number of likely N-dealkylation sites (N-methyl/N-ethyl adjacent to an activating group) is 3. The van der Waals surface area contributed by atoms with E-state index >= 15 is 26.3 Å². The number of phenolic OH excluding ortho intramolecular Hbond substituents is 3. The molecule has 6 atom stereocenters. The molecule has 12 heterocycles. The quantitative estimate of drug-likeness (QED) is 0.0801. The van der Waals surface area contributed by atoms with Gasteiger partial charge in [0.1, 0.15) is 69.9 Å². The minimum absolute atomic E-state index is 0.000637. The van der Waals surface area contributed by atoms with Crippen molar-refractivity contribution in [2.45, 2.75) is 144 Å². The maximum Gasteiger partial charge on any atom is 0.281 e. The summed E-state index contributed by atoms with van der Waals surface area (Å²) in [5, 5.41) is 32.1. The van der Waals surface area contributed by atoms with Crippen molar-refractivity contribution in [3.05, 3.63) is 253 Å². The largest absolute Gasteiger partial charge is 0.507 e. The minimum atomic E-state index is -1.05. The standard InChI is InChI=1S/2C34H33F2N5O4.C32H32F2N4O3/c2*1-7-25(43)39-16-23-33(44)38(6)32-31(40(23)15-19(39)5)21-14-22(35)26(20-10-8-9-11-24(20)42)27(36)30(21)41(34(32)45)29-18(4)12-13-37-28(29)17(2)3;1-16(2)26-27(18(4)12-13-35-26)38-28-20(14-21(33)24(25(28)34)19-8-6-7-9-23(19)39)29-30(32(38)41)36(5)31(40)22-11-10-17(3)15-37(22)29/h2*7-14,17,19,23,42H,1,15-16H2,2-6H3;6-9,12-14,16-17,22,39H,10-11,15H2,1-5H3/t2*19-,23-;17-,22+/m110/s1. The van der Waals surface area contributed by atoms with E-state index in [1.165, 1.54) is 107 Å². The number of halogens is 6. The Bertz CT molecular complexity index is 6810. The number of carbonyl (C=O) groups excluding carboxylic acids is 5. The lowest BCUT2D eigenvalue weighted by Crippen LogP contribution is -2.66. The van der Waals surface area contributed by atoms with Crippen molar-refractivity contribution in [1.82, 2.24) is 38.5 Å². The van der Waals surface area contributed by atoms with Crippen molar-refractivity contribution in [3.63, 3.8) is 0 Å². The van der Waals surface area contributed by atoms with Crippen LogP contribution in [0.4, 0.5) is 60.5 Å². The van der Waals surface area contributed by atoms with E-state index in [9.17, 15) is 53.7 Å². The van der Waals surface area contributed by atoms with Gasteiger partial charge in [0.2, 0.25) is 17.7 Å². The highest BCUT2D eigenvalue weighted by Gasteiger charge is 2.50. The number of fused-ring (bicyclic) bond motifs is 15. The second-order valence-electron chi connectivity index (χ2n) is 35.4. The molecular weight excluding hydrogens is 1690 g/mol. The Hall–Kier alpha value is -14.4. The lowest BCUT2D eigenvalue weighted by molar-refractivity contribution is -0.132. The predicted molar refractivity (Wildman–Crippen MR) is 494 cm³/mol. The molecule has 676 valence electrons. The predicted octanol–water partition coefficient (Wildman–Crippen LogP) is 16.1. The molecule has 0 saturated carbocycles. The fraction of sp³-hybridized carbons (Fsp3) is 0.310. The molecule has 3 fully saturated rings. The summed E-state index contributed by atoms with van der Waals surface area (Å²) in [5.41, 5.74) is 1.24. The number of phenols is 3. The van der Waals surface area contributed by atoms with Crippen molar-refractivity contribution in [1.29, 1.82) is 0 Å². The SMILES string of the molecule is C=CC(=O)N1C[C@@H]2C(=O)N(C)c3c(c4cc(F)c(-c5ccccc5O)c(F)c4n(-c4c(C)ccnc4C(C)C)c3=O)N2C[C@H]1C.C=CC(=O)N1C[C@@H]2C(=O)N(C)c3c(c4cc(F)c(-c5ccccc5O)c(F)c4n(-c4c(C)ccnc4C(C)C)c3=O)N2C[C@H]1C.Cc1ccnc(C(C)C)c1-n1c(=O)c2c(c3cc(F)c(-c4ccccc4O)c(F)c31)N1C[C@@H](C)CC[C@@H]1C(=O)N2C. The third-order valence-electron chi connectivity index (χ3n) is 26.1. The Labute approximate surface area is 750 Å². The van der Waals surface area contributed by atoms with Gasteiger partial charge in [-0.05, 0) is 155 Å². The number of rotatable bonds is 11. The van der Waals surface area contributed by atoms with Gasteiger partial charge < -0.3 is 54.5 Å². The van der Waals surface area contributed by atoms with E-state index in [0.717, 1.165) is 18.6 Å². The van der Waals surface area contributed by atoms with Gasteiger partial charge in [0.15, 0.2) is 17.5 Å². The number of aryl methyl sites for hydroxylation is 3. The topological polar surface area (TPSA) is 277 Å². The van der Waals surface area contributed by atoms with Gasteiger partial charge in [-0.3, -0.25) is 67.0 Å². The second kappa shape index (κ2) is 34.2. The van der Waals surface area contributed by atoms with Gasteiger partial charge in [-0.15, -0.1) is 0 Å². The first kappa shape index (κ1) is 90.0. The van der Waals surface area contributed by atoms with Crippen molar-refractivity contribution in [2.24, 2.45) is 5.92 Å². The number of carbonyl (C=O) groups is 5. The highest BCUT2D eigenvalue weighted by molar-refractivity contribution is 6.16. The van der Waals surface area contributed by atoms with Gasteiger partial charge in [-0.2, -0.15) is 0 Å². The highest BCUT2D eigenvalue weighted by Crippen LogP contribution is 2.52. The minimum Gasteiger partial charge on any atom is -0.507 e. The van der Waals surface area contributed by atoms with E-state index in [-0.39, 0.29) is 163 Å². The average molecular weight is 1790 g/mol. The number of pyridine rings is 6. The van der Waals surface area contributed by atoms with Crippen molar-refractivity contribution >= 4 is 96.4 Å². The molecule has 3 N–H and O–H groups in total. The molecule has 25 nitrogen and oxygen atoms in total. The first-order valence-electron chi connectivity index (χ1n) is 43.3. The lowest BCUT2D eigenvalue weighted by Gasteiger charge is -2.50. The highest BCUT2D eigenvalue weighted by atomic mass is 19.2. The van der Waals surface area contributed by atoms with E-state index in [1.54, 1.807) is 118 Å².